The number of anilines is 1. The molecule has 3 aromatic rings. The maximum atomic E-state index is 14.3. The first-order valence-corrected chi connectivity index (χ1v) is 15.1. The molecule has 10 heteroatoms. The van der Waals surface area contributed by atoms with Crippen LogP contribution in [0.3, 0.4) is 0 Å². The number of urea groups is 1. The fourth-order valence-electron chi connectivity index (χ4n) is 5.98. The number of aromatic hydroxyl groups is 1. The average Bonchev–Trinajstić information content (AvgIpc) is 3.00. The van der Waals surface area contributed by atoms with Crippen LogP contribution in [0.1, 0.15) is 36.1 Å². The molecular weight excluding hydrogens is 556 g/mol. The summed E-state index contributed by atoms with van der Waals surface area (Å²) in [4.78, 5) is 47.2. The van der Waals surface area contributed by atoms with Crippen LogP contribution < -0.4 is 10.2 Å². The number of likely N-dealkylation sites (N-methyl/N-ethyl adjacent to an activating group) is 1. The Hall–Kier alpha value is -4.57. The van der Waals surface area contributed by atoms with Crippen molar-refractivity contribution in [2.24, 2.45) is 0 Å². The maximum absolute atomic E-state index is 14.3. The highest BCUT2D eigenvalue weighted by atomic mass is 16.3. The average molecular weight is 599 g/mol. The van der Waals surface area contributed by atoms with E-state index < -0.39 is 12.2 Å². The summed E-state index contributed by atoms with van der Waals surface area (Å²) in [6.45, 7) is 7.10. The van der Waals surface area contributed by atoms with Crippen molar-refractivity contribution in [3.8, 4) is 5.75 Å². The van der Waals surface area contributed by atoms with Crippen molar-refractivity contribution in [3.05, 3.63) is 95.1 Å². The van der Waals surface area contributed by atoms with Gasteiger partial charge < -0.3 is 25.1 Å². The molecule has 0 radical (unpaired) electrons. The molecule has 0 aromatic heterocycles. The first kappa shape index (κ1) is 30.9. The fraction of sp³-hybridized carbons (Fsp3) is 0.382. The zero-order chi connectivity index (χ0) is 31.5. The Kier molecular flexibility index (Phi) is 9.10. The van der Waals surface area contributed by atoms with Crippen molar-refractivity contribution < 1.29 is 19.5 Å². The van der Waals surface area contributed by atoms with Crippen LogP contribution in [0.15, 0.2) is 72.8 Å². The van der Waals surface area contributed by atoms with E-state index in [9.17, 15) is 19.5 Å². The Balaban J connectivity index is 1.50. The Labute approximate surface area is 259 Å². The number of rotatable bonds is 8. The number of hydrazine groups is 1. The summed E-state index contributed by atoms with van der Waals surface area (Å²) in [5.41, 5.74) is 4.93. The number of carbonyl (C=O) groups is 3. The molecule has 2 N–H and O–H groups in total. The monoisotopic (exact) mass is 598 g/mol. The maximum Gasteiger partial charge on any atom is 0.334 e. The van der Waals surface area contributed by atoms with Crippen LogP contribution in [-0.2, 0) is 29.1 Å². The third-order valence-electron chi connectivity index (χ3n) is 8.56. The fourth-order valence-corrected chi connectivity index (χ4v) is 5.98. The van der Waals surface area contributed by atoms with Gasteiger partial charge in [-0.3, -0.25) is 9.59 Å². The van der Waals surface area contributed by atoms with Gasteiger partial charge in [0.25, 0.3) is 0 Å². The number of fused-ring (bicyclic) bond motifs is 1. The second kappa shape index (κ2) is 13.0. The number of hydrogen-bond donors (Lipinski definition) is 2. The zero-order valence-corrected chi connectivity index (χ0v) is 26.1. The molecule has 2 aliphatic heterocycles. The summed E-state index contributed by atoms with van der Waals surface area (Å²) >= 11 is 0. The zero-order valence-electron chi connectivity index (χ0n) is 26.1. The molecule has 0 aliphatic carbocycles. The van der Waals surface area contributed by atoms with Crippen molar-refractivity contribution in [1.29, 1.82) is 0 Å². The highest BCUT2D eigenvalue weighted by molar-refractivity contribution is 5.91. The normalized spacial score (nSPS) is 18.9. The summed E-state index contributed by atoms with van der Waals surface area (Å²) in [7, 11) is 3.77. The van der Waals surface area contributed by atoms with Gasteiger partial charge in [0.1, 0.15) is 18.0 Å². The first-order chi connectivity index (χ1) is 21.0. The standard InChI is InChI=1S/C34H42N6O4/c1-23(2)37(5)29-17-24(3)11-14-27(29)20-38-21-31-39(30(33(38)43)18-25-12-15-28(41)16-13-25)32(42)22-36(4)40(31)34(44)35-19-26-9-7-6-8-10-26/h6-17,23,30-31,41H,18-22H2,1-5H3,(H,35,44)/t30-,31+/m0/s1. The molecule has 2 fully saturated rings. The van der Waals surface area contributed by atoms with Gasteiger partial charge in [-0.15, -0.1) is 0 Å². The number of piperazine rings is 1. The van der Waals surface area contributed by atoms with Crippen molar-refractivity contribution >= 4 is 23.5 Å². The second-order valence-electron chi connectivity index (χ2n) is 12.0. The molecule has 0 bridgehead atoms. The van der Waals surface area contributed by atoms with Gasteiger partial charge in [0.05, 0.1) is 13.1 Å². The van der Waals surface area contributed by atoms with E-state index in [0.29, 0.717) is 13.1 Å². The lowest BCUT2D eigenvalue weighted by Crippen LogP contribution is -2.76. The van der Waals surface area contributed by atoms with Gasteiger partial charge in [-0.2, -0.15) is 0 Å². The first-order valence-electron chi connectivity index (χ1n) is 15.1. The number of phenols is 1. The summed E-state index contributed by atoms with van der Waals surface area (Å²) in [5, 5.41) is 16.1. The number of nitrogens with zero attached hydrogens (tertiary/aromatic N) is 5. The van der Waals surface area contributed by atoms with E-state index in [1.165, 1.54) is 0 Å². The van der Waals surface area contributed by atoms with E-state index in [1.54, 1.807) is 51.1 Å². The van der Waals surface area contributed by atoms with Crippen LogP contribution in [0.25, 0.3) is 0 Å². The minimum atomic E-state index is -0.819. The van der Waals surface area contributed by atoms with Crippen molar-refractivity contribution in [2.75, 3.05) is 32.1 Å². The van der Waals surface area contributed by atoms with Crippen LogP contribution >= 0.6 is 0 Å². The number of phenolic OH excluding ortho intramolecular Hbond substituents is 1. The van der Waals surface area contributed by atoms with Crippen molar-refractivity contribution in [2.45, 2.75) is 58.5 Å². The van der Waals surface area contributed by atoms with E-state index in [-0.39, 0.29) is 49.1 Å². The van der Waals surface area contributed by atoms with Crippen molar-refractivity contribution in [3.63, 3.8) is 0 Å². The molecule has 3 aromatic carbocycles. The Bertz CT molecular complexity index is 1500. The predicted octanol–water partition coefficient (Wildman–Crippen LogP) is 3.73. The number of amides is 4. The molecule has 5 rings (SSSR count). The van der Waals surface area contributed by atoms with Crippen LogP contribution in [0.4, 0.5) is 10.5 Å². The SMILES string of the molecule is Cc1ccc(CN2C[C@@H]3N(C(=O)CN(C)N3C(=O)NCc3ccccc3)[C@@H](Cc3ccc(O)cc3)C2=O)c(N(C)C(C)C)c1. The van der Waals surface area contributed by atoms with Crippen LogP contribution in [-0.4, -0.2) is 88.2 Å². The Morgan fingerprint density at radius 1 is 1.02 bits per heavy atom. The Morgan fingerprint density at radius 3 is 2.41 bits per heavy atom. The van der Waals surface area contributed by atoms with E-state index in [1.807, 2.05) is 43.4 Å². The summed E-state index contributed by atoms with van der Waals surface area (Å²) in [5.74, 6) is -0.256. The van der Waals surface area contributed by atoms with Gasteiger partial charge in [0, 0.05) is 45.3 Å². The highest BCUT2D eigenvalue weighted by Gasteiger charge is 2.50. The number of hydrogen-bond acceptors (Lipinski definition) is 6. The largest absolute Gasteiger partial charge is 0.508 e. The summed E-state index contributed by atoms with van der Waals surface area (Å²) in [6, 6.07) is 21.6. The Morgan fingerprint density at radius 2 is 1.73 bits per heavy atom. The van der Waals surface area contributed by atoms with Crippen LogP contribution in [0.2, 0.25) is 0 Å². The summed E-state index contributed by atoms with van der Waals surface area (Å²) in [6.07, 6.45) is -0.443. The molecular formula is C34H42N6O4. The van der Waals surface area contributed by atoms with Gasteiger partial charge in [-0.1, -0.05) is 54.6 Å². The molecule has 0 saturated carbocycles. The third-order valence-corrected chi connectivity index (χ3v) is 8.56. The molecule has 4 amide bonds. The third kappa shape index (κ3) is 6.50. The number of nitrogens with one attached hydrogen (secondary N) is 1. The lowest BCUT2D eigenvalue weighted by molar-refractivity contribution is -0.187. The molecule has 0 spiro atoms. The molecule has 2 aliphatic rings. The number of aryl methyl sites for hydroxylation is 1. The second-order valence-corrected chi connectivity index (χ2v) is 12.0. The van der Waals surface area contributed by atoms with Crippen LogP contribution in [0.5, 0.6) is 5.75 Å². The van der Waals surface area contributed by atoms with E-state index in [0.717, 1.165) is 27.9 Å². The molecule has 2 saturated heterocycles. The van der Waals surface area contributed by atoms with Gasteiger partial charge in [-0.05, 0) is 61.2 Å². The van der Waals surface area contributed by atoms with E-state index in [2.05, 4.69) is 43.1 Å². The molecule has 44 heavy (non-hydrogen) atoms. The molecule has 2 heterocycles. The van der Waals surface area contributed by atoms with Gasteiger partial charge in [0.2, 0.25) is 11.8 Å². The quantitative estimate of drug-likeness (QED) is 0.410. The van der Waals surface area contributed by atoms with Gasteiger partial charge in [-0.25, -0.2) is 14.8 Å². The smallest absolute Gasteiger partial charge is 0.334 e. The number of carbonyl (C=O) groups excluding carboxylic acids is 3. The minimum absolute atomic E-state index is 0.0318. The van der Waals surface area contributed by atoms with Crippen molar-refractivity contribution in [1.82, 2.24) is 25.1 Å². The molecule has 2 atom stereocenters. The van der Waals surface area contributed by atoms with Gasteiger partial charge in [0.15, 0.2) is 0 Å². The lowest BCUT2D eigenvalue weighted by Gasteiger charge is -2.54. The highest BCUT2D eigenvalue weighted by Crippen LogP contribution is 2.31. The summed E-state index contributed by atoms with van der Waals surface area (Å²) < 4.78 is 0. The number of benzene rings is 3. The van der Waals surface area contributed by atoms with E-state index in [4.69, 9.17) is 0 Å². The van der Waals surface area contributed by atoms with Crippen LogP contribution in [0, 0.1) is 6.92 Å². The lowest BCUT2D eigenvalue weighted by atomic mass is 9.98. The topological polar surface area (TPSA) is 99.7 Å². The molecule has 232 valence electrons. The molecule has 0 unspecified atom stereocenters. The van der Waals surface area contributed by atoms with E-state index >= 15 is 0 Å². The molecule has 10 nitrogen and oxygen atoms in total. The predicted molar refractivity (Wildman–Crippen MR) is 170 cm³/mol. The van der Waals surface area contributed by atoms with Gasteiger partial charge >= 0.3 is 6.03 Å². The minimum Gasteiger partial charge on any atom is -0.508 e.